The van der Waals surface area contributed by atoms with E-state index in [1.54, 1.807) is 35.2 Å². The predicted molar refractivity (Wildman–Crippen MR) is 130 cm³/mol. The second-order valence-electron chi connectivity index (χ2n) is 8.68. The zero-order chi connectivity index (χ0) is 23.7. The van der Waals surface area contributed by atoms with Crippen molar-refractivity contribution in [2.75, 3.05) is 6.61 Å². The van der Waals surface area contributed by atoms with E-state index in [-0.39, 0.29) is 24.8 Å². The summed E-state index contributed by atoms with van der Waals surface area (Å²) in [5.41, 5.74) is 0.415. The van der Waals surface area contributed by atoms with Crippen LogP contribution in [0.1, 0.15) is 52.5 Å². The fourth-order valence-electron chi connectivity index (χ4n) is 3.27. The van der Waals surface area contributed by atoms with Gasteiger partial charge in [0, 0.05) is 28.5 Å². The Balaban J connectivity index is 2.09. The van der Waals surface area contributed by atoms with E-state index in [1.807, 2.05) is 45.9 Å². The van der Waals surface area contributed by atoms with Crippen molar-refractivity contribution in [3.63, 3.8) is 0 Å². The molecule has 32 heavy (non-hydrogen) atoms. The predicted octanol–water partition coefficient (Wildman–Crippen LogP) is 5.87. The maximum atomic E-state index is 13.2. The van der Waals surface area contributed by atoms with Gasteiger partial charge in [-0.25, -0.2) is 0 Å². The number of carbonyl (C=O) groups excluding carboxylic acids is 2. The number of benzene rings is 2. The van der Waals surface area contributed by atoms with Crippen LogP contribution in [0.2, 0.25) is 10.0 Å². The molecule has 0 fully saturated rings. The lowest BCUT2D eigenvalue weighted by Crippen LogP contribution is -2.53. The molecule has 0 saturated carbocycles. The third kappa shape index (κ3) is 8.36. The second kappa shape index (κ2) is 12.1. The summed E-state index contributed by atoms with van der Waals surface area (Å²) >= 11 is 12.2. The molecule has 174 valence electrons. The van der Waals surface area contributed by atoms with E-state index < -0.39 is 11.6 Å². The normalized spacial score (nSPS) is 12.2. The molecule has 2 amide bonds. The summed E-state index contributed by atoms with van der Waals surface area (Å²) in [7, 11) is 0. The second-order valence-corrected chi connectivity index (χ2v) is 9.53. The Morgan fingerprint density at radius 3 is 2.31 bits per heavy atom. The fraction of sp³-hybridized carbons (Fsp3) is 0.440. The van der Waals surface area contributed by atoms with Gasteiger partial charge in [0.2, 0.25) is 11.8 Å². The summed E-state index contributed by atoms with van der Waals surface area (Å²) < 4.78 is 5.70. The van der Waals surface area contributed by atoms with Crippen LogP contribution in [0, 0.1) is 0 Å². The molecule has 1 atom stereocenters. The lowest BCUT2D eigenvalue weighted by Gasteiger charge is -2.33. The van der Waals surface area contributed by atoms with Crippen LogP contribution in [-0.4, -0.2) is 34.9 Å². The fourth-order valence-corrected chi connectivity index (χ4v) is 3.59. The van der Waals surface area contributed by atoms with Crippen molar-refractivity contribution >= 4 is 35.0 Å². The number of halogens is 2. The van der Waals surface area contributed by atoms with Gasteiger partial charge in [0.1, 0.15) is 11.8 Å². The number of ether oxygens (including phenoxy) is 1. The molecule has 5 nitrogen and oxygen atoms in total. The van der Waals surface area contributed by atoms with Gasteiger partial charge in [0.15, 0.2) is 0 Å². The topological polar surface area (TPSA) is 58.6 Å². The first-order valence-electron chi connectivity index (χ1n) is 10.8. The third-order valence-electron chi connectivity index (χ3n) is 4.80. The van der Waals surface area contributed by atoms with Crippen molar-refractivity contribution in [2.24, 2.45) is 0 Å². The van der Waals surface area contributed by atoms with E-state index in [0.29, 0.717) is 35.2 Å². The zero-order valence-corrected chi connectivity index (χ0v) is 20.7. The minimum Gasteiger partial charge on any atom is -0.494 e. The number of nitrogens with one attached hydrogen (secondary N) is 1. The van der Waals surface area contributed by atoms with Crippen molar-refractivity contribution in [2.45, 2.75) is 65.1 Å². The van der Waals surface area contributed by atoms with Gasteiger partial charge in [-0.05, 0) is 69.5 Å². The Labute approximate surface area is 201 Å². The van der Waals surface area contributed by atoms with Crippen LogP contribution in [0.3, 0.4) is 0 Å². The molecule has 0 radical (unpaired) electrons. The van der Waals surface area contributed by atoms with Crippen molar-refractivity contribution in [1.29, 1.82) is 0 Å². The number of hydrogen-bond acceptors (Lipinski definition) is 3. The Kier molecular flexibility index (Phi) is 9.85. The van der Waals surface area contributed by atoms with Crippen LogP contribution in [0.25, 0.3) is 0 Å². The van der Waals surface area contributed by atoms with Crippen molar-refractivity contribution < 1.29 is 14.3 Å². The number of carbonyl (C=O) groups is 2. The average molecular weight is 479 g/mol. The molecule has 0 aliphatic heterocycles. The smallest absolute Gasteiger partial charge is 0.243 e. The number of hydrogen-bond donors (Lipinski definition) is 1. The first kappa shape index (κ1) is 26.0. The molecule has 0 heterocycles. The third-order valence-corrected chi connectivity index (χ3v) is 5.42. The summed E-state index contributed by atoms with van der Waals surface area (Å²) in [5.74, 6) is 0.420. The number of amides is 2. The molecule has 0 aliphatic carbocycles. The minimum atomic E-state index is -0.588. The summed E-state index contributed by atoms with van der Waals surface area (Å²) in [5, 5.41) is 4.21. The molecule has 2 rings (SSSR count). The summed E-state index contributed by atoms with van der Waals surface area (Å²) in [4.78, 5) is 27.8. The van der Waals surface area contributed by atoms with Crippen LogP contribution in [0.15, 0.2) is 48.5 Å². The Morgan fingerprint density at radius 2 is 1.72 bits per heavy atom. The molecule has 7 heteroatoms. The number of nitrogens with zero attached hydrogens (tertiary/aromatic N) is 1. The van der Waals surface area contributed by atoms with Crippen molar-refractivity contribution in [3.8, 4) is 5.75 Å². The highest BCUT2D eigenvalue weighted by molar-refractivity contribution is 6.31. The average Bonchev–Trinajstić information content (AvgIpc) is 2.72. The lowest BCUT2D eigenvalue weighted by molar-refractivity contribution is -0.142. The minimum absolute atomic E-state index is 0.111. The highest BCUT2D eigenvalue weighted by Crippen LogP contribution is 2.21. The Hall–Kier alpha value is -2.24. The molecule has 0 aliphatic rings. The van der Waals surface area contributed by atoms with Gasteiger partial charge in [0.25, 0.3) is 0 Å². The summed E-state index contributed by atoms with van der Waals surface area (Å²) in [6.45, 7) is 8.33. The van der Waals surface area contributed by atoms with Gasteiger partial charge in [-0.2, -0.15) is 0 Å². The quantitative estimate of drug-likeness (QED) is 0.434. The Morgan fingerprint density at radius 1 is 1.06 bits per heavy atom. The molecule has 2 aromatic rings. The van der Waals surface area contributed by atoms with E-state index in [0.717, 1.165) is 5.56 Å². The summed E-state index contributed by atoms with van der Waals surface area (Å²) in [6.07, 6.45) is 1.29. The van der Waals surface area contributed by atoms with Crippen LogP contribution >= 0.6 is 23.2 Å². The monoisotopic (exact) mass is 478 g/mol. The molecule has 1 N–H and O–H groups in total. The maximum Gasteiger partial charge on any atom is 0.243 e. The molecule has 0 saturated heterocycles. The largest absolute Gasteiger partial charge is 0.494 e. The first-order valence-corrected chi connectivity index (χ1v) is 11.6. The maximum absolute atomic E-state index is 13.2. The van der Waals surface area contributed by atoms with E-state index in [9.17, 15) is 9.59 Å². The standard InChI is InChI=1S/C25H32Cl2N2O3/c1-5-22(24(31)28-25(2,3)4)29(17-18-9-6-7-10-21(18)27)23(30)11-8-16-32-20-14-12-19(26)13-15-20/h6-7,9-10,12-15,22H,5,8,11,16-17H2,1-4H3,(H,28,31). The highest BCUT2D eigenvalue weighted by Gasteiger charge is 2.30. The lowest BCUT2D eigenvalue weighted by atomic mass is 10.0. The van der Waals surface area contributed by atoms with Gasteiger partial charge in [-0.3, -0.25) is 9.59 Å². The molecule has 0 aromatic heterocycles. The van der Waals surface area contributed by atoms with Gasteiger partial charge in [-0.15, -0.1) is 0 Å². The van der Waals surface area contributed by atoms with E-state index in [4.69, 9.17) is 27.9 Å². The summed E-state index contributed by atoms with van der Waals surface area (Å²) in [6, 6.07) is 13.9. The van der Waals surface area contributed by atoms with Crippen LogP contribution in [0.4, 0.5) is 0 Å². The molecule has 2 aromatic carbocycles. The molecule has 0 bridgehead atoms. The van der Waals surface area contributed by atoms with E-state index >= 15 is 0 Å². The van der Waals surface area contributed by atoms with Crippen molar-refractivity contribution in [1.82, 2.24) is 10.2 Å². The Bertz CT molecular complexity index is 895. The van der Waals surface area contributed by atoms with E-state index in [1.165, 1.54) is 0 Å². The van der Waals surface area contributed by atoms with Gasteiger partial charge < -0.3 is 15.0 Å². The molecule has 1 unspecified atom stereocenters. The van der Waals surface area contributed by atoms with Crippen LogP contribution in [-0.2, 0) is 16.1 Å². The molecular formula is C25H32Cl2N2O3. The van der Waals surface area contributed by atoms with Crippen molar-refractivity contribution in [3.05, 3.63) is 64.1 Å². The SMILES string of the molecule is CCC(C(=O)NC(C)(C)C)N(Cc1ccccc1Cl)C(=O)CCCOc1ccc(Cl)cc1. The van der Waals surface area contributed by atoms with Crippen LogP contribution in [0.5, 0.6) is 5.75 Å². The van der Waals surface area contributed by atoms with Gasteiger partial charge in [-0.1, -0.05) is 48.3 Å². The zero-order valence-electron chi connectivity index (χ0n) is 19.2. The molecule has 0 spiro atoms. The highest BCUT2D eigenvalue weighted by atomic mass is 35.5. The van der Waals surface area contributed by atoms with Gasteiger partial charge in [0.05, 0.1) is 6.61 Å². The molecular weight excluding hydrogens is 447 g/mol. The van der Waals surface area contributed by atoms with Crippen LogP contribution < -0.4 is 10.1 Å². The number of rotatable bonds is 10. The first-order chi connectivity index (χ1) is 15.1. The van der Waals surface area contributed by atoms with Gasteiger partial charge >= 0.3 is 0 Å². The van der Waals surface area contributed by atoms with E-state index in [2.05, 4.69) is 5.32 Å².